The number of hydrogen-bond donors (Lipinski definition) is 0. The van der Waals surface area contributed by atoms with E-state index in [1.807, 2.05) is 37.3 Å². The number of carbonyl (C=O) groups excluding carboxylic acids is 1. The molecule has 1 aliphatic heterocycles. The number of allylic oxidation sites excluding steroid dienone is 1. The van der Waals surface area contributed by atoms with Crippen LogP contribution in [-0.2, 0) is 16.1 Å². The smallest absolute Gasteiger partial charge is 0.338 e. The summed E-state index contributed by atoms with van der Waals surface area (Å²) in [6, 6.07) is 17.1. The first-order valence-electron chi connectivity index (χ1n) is 14.4. The third-order valence-corrected chi connectivity index (χ3v) is 8.76. The van der Waals surface area contributed by atoms with Crippen molar-refractivity contribution in [3.8, 4) is 17.2 Å². The quantitative estimate of drug-likeness (QED) is 0.170. The Morgan fingerprint density at radius 1 is 1.02 bits per heavy atom. The predicted molar refractivity (Wildman–Crippen MR) is 176 cm³/mol. The predicted octanol–water partition coefficient (Wildman–Crippen LogP) is 6.48. The van der Waals surface area contributed by atoms with Crippen LogP contribution >= 0.6 is 34.5 Å². The molecule has 0 spiro atoms. The van der Waals surface area contributed by atoms with Crippen LogP contribution in [0.2, 0.25) is 10.0 Å². The van der Waals surface area contributed by atoms with Crippen molar-refractivity contribution in [3.05, 3.63) is 118 Å². The minimum Gasteiger partial charge on any atom is -0.497 e. The Morgan fingerprint density at radius 3 is 2.56 bits per heavy atom. The number of ether oxygens (including phenoxy) is 4. The number of benzene rings is 3. The van der Waals surface area contributed by atoms with Gasteiger partial charge in [0, 0.05) is 21.2 Å². The van der Waals surface area contributed by atoms with Crippen molar-refractivity contribution < 1.29 is 23.7 Å². The maximum absolute atomic E-state index is 14.2. The summed E-state index contributed by atoms with van der Waals surface area (Å²) in [5.41, 5.74) is 2.73. The summed E-state index contributed by atoms with van der Waals surface area (Å²) in [5.74, 6) is 1.14. The molecule has 0 amide bonds. The van der Waals surface area contributed by atoms with E-state index in [0.29, 0.717) is 59.9 Å². The number of fused-ring (bicyclic) bond motifs is 1. The summed E-state index contributed by atoms with van der Waals surface area (Å²) in [5, 5.41) is 1.07. The molecule has 0 aliphatic carbocycles. The van der Waals surface area contributed by atoms with Crippen molar-refractivity contribution in [2.24, 2.45) is 4.99 Å². The van der Waals surface area contributed by atoms with Crippen LogP contribution < -0.4 is 29.1 Å². The lowest BCUT2D eigenvalue weighted by Gasteiger charge is -2.27. The van der Waals surface area contributed by atoms with E-state index in [0.717, 1.165) is 17.5 Å². The zero-order valence-electron chi connectivity index (χ0n) is 25.3. The molecule has 2 heterocycles. The van der Waals surface area contributed by atoms with Gasteiger partial charge in [0.05, 0.1) is 36.6 Å². The van der Waals surface area contributed by atoms with E-state index in [2.05, 4.69) is 0 Å². The fraction of sp³-hybridized carbons (Fsp3) is 0.265. The van der Waals surface area contributed by atoms with Gasteiger partial charge in [0.15, 0.2) is 4.80 Å². The second-order valence-electron chi connectivity index (χ2n) is 10.1. The Bertz CT molecular complexity index is 1950. The number of aromatic nitrogens is 1. The van der Waals surface area contributed by atoms with Crippen LogP contribution in [0.15, 0.2) is 81.7 Å². The summed E-state index contributed by atoms with van der Waals surface area (Å²) in [6.45, 7) is 4.19. The molecule has 1 atom stereocenters. The van der Waals surface area contributed by atoms with E-state index in [1.54, 1.807) is 62.1 Å². The molecule has 0 fully saturated rings. The van der Waals surface area contributed by atoms with Gasteiger partial charge >= 0.3 is 5.97 Å². The van der Waals surface area contributed by atoms with E-state index < -0.39 is 12.0 Å². The Morgan fingerprint density at radius 2 is 1.84 bits per heavy atom. The number of methoxy groups -OCH3 is 2. The molecule has 4 aromatic rings. The Kier molecular flexibility index (Phi) is 10.3. The van der Waals surface area contributed by atoms with Crippen molar-refractivity contribution in [3.63, 3.8) is 0 Å². The van der Waals surface area contributed by atoms with Crippen molar-refractivity contribution in [2.75, 3.05) is 20.8 Å². The lowest BCUT2D eigenvalue weighted by molar-refractivity contribution is -0.139. The number of halogens is 2. The first kappa shape index (κ1) is 32.3. The molecule has 0 bridgehead atoms. The van der Waals surface area contributed by atoms with Gasteiger partial charge in [0.1, 0.15) is 29.9 Å². The molecular formula is C34H32Cl2N2O6S. The van der Waals surface area contributed by atoms with Crippen LogP contribution in [0.5, 0.6) is 17.2 Å². The summed E-state index contributed by atoms with van der Waals surface area (Å²) in [7, 11) is 3.11. The van der Waals surface area contributed by atoms with Gasteiger partial charge in [0.25, 0.3) is 5.56 Å². The Labute approximate surface area is 274 Å². The molecular weight excluding hydrogens is 635 g/mol. The summed E-state index contributed by atoms with van der Waals surface area (Å²) in [4.78, 5) is 33.0. The van der Waals surface area contributed by atoms with Crippen LogP contribution in [0, 0.1) is 0 Å². The third-order valence-electron chi connectivity index (χ3n) is 7.19. The molecule has 8 nitrogen and oxygen atoms in total. The van der Waals surface area contributed by atoms with E-state index in [1.165, 1.54) is 11.3 Å². The molecule has 0 saturated carbocycles. The summed E-state index contributed by atoms with van der Waals surface area (Å²) < 4.78 is 24.7. The highest BCUT2D eigenvalue weighted by atomic mass is 35.5. The van der Waals surface area contributed by atoms with Gasteiger partial charge in [-0.1, -0.05) is 66.1 Å². The SMILES string of the molecule is CCCC1=C(C(=O)OCC)[C@H](c2cc(OC)ccc2OC)n2c(s/c(=C\c3cccc(OCc4ccc(Cl)cc4Cl)c3)c2=O)=N1. The van der Waals surface area contributed by atoms with Gasteiger partial charge in [-0.25, -0.2) is 9.79 Å². The lowest BCUT2D eigenvalue weighted by atomic mass is 9.93. The maximum atomic E-state index is 14.2. The summed E-state index contributed by atoms with van der Waals surface area (Å²) >= 11 is 13.6. The molecule has 0 N–H and O–H groups in total. The molecule has 0 radical (unpaired) electrons. The molecule has 11 heteroatoms. The molecule has 234 valence electrons. The van der Waals surface area contributed by atoms with Crippen LogP contribution in [0.4, 0.5) is 0 Å². The van der Waals surface area contributed by atoms with E-state index in [9.17, 15) is 9.59 Å². The number of hydrogen-bond acceptors (Lipinski definition) is 8. The molecule has 0 saturated heterocycles. The molecule has 0 unspecified atom stereocenters. The minimum atomic E-state index is -0.840. The second kappa shape index (κ2) is 14.4. The maximum Gasteiger partial charge on any atom is 0.338 e. The van der Waals surface area contributed by atoms with Crippen molar-refractivity contribution >= 4 is 46.6 Å². The highest BCUT2D eigenvalue weighted by molar-refractivity contribution is 7.07. The standard InChI is InChI=1S/C34H32Cl2N2O6S/c1-5-8-27-30(33(40)43-6-2)31(25-18-23(41-3)13-14-28(25)42-4)38-32(39)29(45-34(38)37-27)16-20-9-7-10-24(15-20)44-19-21-11-12-22(35)17-26(21)36/h7,9-18,31H,5-6,8,19H2,1-4H3/b29-16-/t31-/m0/s1. The summed E-state index contributed by atoms with van der Waals surface area (Å²) in [6.07, 6.45) is 3.06. The van der Waals surface area contributed by atoms with E-state index in [4.69, 9.17) is 47.1 Å². The van der Waals surface area contributed by atoms with Crippen LogP contribution in [0.1, 0.15) is 49.4 Å². The number of esters is 1. The number of rotatable bonds is 11. The van der Waals surface area contributed by atoms with Gasteiger partial charge in [-0.3, -0.25) is 9.36 Å². The largest absolute Gasteiger partial charge is 0.497 e. The normalized spacial score (nSPS) is 14.5. The number of nitrogens with zero attached hydrogens (tertiary/aromatic N) is 2. The second-order valence-corrected chi connectivity index (χ2v) is 12.0. The number of thiazole rings is 1. The zero-order valence-corrected chi connectivity index (χ0v) is 27.6. The third kappa shape index (κ3) is 6.96. The minimum absolute atomic E-state index is 0.177. The van der Waals surface area contributed by atoms with E-state index >= 15 is 0 Å². The number of carbonyl (C=O) groups is 1. The first-order chi connectivity index (χ1) is 21.8. The van der Waals surface area contributed by atoms with Gasteiger partial charge < -0.3 is 18.9 Å². The zero-order chi connectivity index (χ0) is 32.1. The van der Waals surface area contributed by atoms with Gasteiger partial charge in [-0.15, -0.1) is 0 Å². The van der Waals surface area contributed by atoms with Crippen molar-refractivity contribution in [1.29, 1.82) is 0 Å². The Balaban J connectivity index is 1.62. The van der Waals surface area contributed by atoms with Crippen LogP contribution in [-0.4, -0.2) is 31.4 Å². The van der Waals surface area contributed by atoms with Crippen LogP contribution in [0.3, 0.4) is 0 Å². The topological polar surface area (TPSA) is 88.4 Å². The van der Waals surface area contributed by atoms with Crippen LogP contribution in [0.25, 0.3) is 6.08 Å². The molecule has 3 aromatic carbocycles. The highest BCUT2D eigenvalue weighted by Gasteiger charge is 2.36. The molecule has 45 heavy (non-hydrogen) atoms. The monoisotopic (exact) mass is 666 g/mol. The van der Waals surface area contributed by atoms with E-state index in [-0.39, 0.29) is 18.8 Å². The lowest BCUT2D eigenvalue weighted by Crippen LogP contribution is -2.40. The highest BCUT2D eigenvalue weighted by Crippen LogP contribution is 2.38. The van der Waals surface area contributed by atoms with Gasteiger partial charge in [0.2, 0.25) is 0 Å². The van der Waals surface area contributed by atoms with Crippen molar-refractivity contribution in [1.82, 2.24) is 4.57 Å². The average molecular weight is 668 g/mol. The Hall–Kier alpha value is -4.05. The van der Waals surface area contributed by atoms with Gasteiger partial charge in [-0.05, 0) is 67.4 Å². The average Bonchev–Trinajstić information content (AvgIpc) is 3.34. The van der Waals surface area contributed by atoms with Gasteiger partial charge in [-0.2, -0.15) is 0 Å². The molecule has 1 aromatic heterocycles. The fourth-order valence-electron chi connectivity index (χ4n) is 5.11. The first-order valence-corrected chi connectivity index (χ1v) is 16.0. The van der Waals surface area contributed by atoms with Crippen molar-refractivity contribution in [2.45, 2.75) is 39.3 Å². The molecule has 1 aliphatic rings. The molecule has 5 rings (SSSR count). The fourth-order valence-corrected chi connectivity index (χ4v) is 6.60.